The third kappa shape index (κ3) is 4.25. The molecule has 3 rings (SSSR count). The predicted molar refractivity (Wildman–Crippen MR) is 101 cm³/mol. The van der Waals surface area contributed by atoms with Crippen LogP contribution in [0.5, 0.6) is 0 Å². The van der Waals surface area contributed by atoms with Crippen molar-refractivity contribution in [1.82, 2.24) is 9.97 Å². The fourth-order valence-corrected chi connectivity index (χ4v) is 3.47. The Balaban J connectivity index is 1.67. The lowest BCUT2D eigenvalue weighted by Crippen LogP contribution is -2.39. The topological polar surface area (TPSA) is 41.1 Å². The minimum absolute atomic E-state index is 0.616. The van der Waals surface area contributed by atoms with E-state index >= 15 is 0 Å². The predicted octanol–water partition coefficient (Wildman–Crippen LogP) is 4.21. The molecule has 0 spiro atoms. The number of hydrogen-bond acceptors (Lipinski definition) is 4. The van der Waals surface area contributed by atoms with Gasteiger partial charge in [0.1, 0.15) is 5.82 Å². The van der Waals surface area contributed by atoms with E-state index < -0.39 is 0 Å². The first-order chi connectivity index (χ1) is 11.8. The van der Waals surface area contributed by atoms with E-state index in [1.54, 1.807) is 0 Å². The maximum atomic E-state index is 4.79. The van der Waals surface area contributed by atoms with Crippen LogP contribution in [-0.2, 0) is 6.42 Å². The summed E-state index contributed by atoms with van der Waals surface area (Å²) >= 11 is 0. The van der Waals surface area contributed by atoms with Crippen molar-refractivity contribution in [2.75, 3.05) is 23.3 Å². The molecule has 1 atom stereocenters. The average molecular weight is 324 g/mol. The van der Waals surface area contributed by atoms with Gasteiger partial charge in [0, 0.05) is 30.9 Å². The lowest BCUT2D eigenvalue weighted by molar-refractivity contribution is 0.446. The maximum Gasteiger partial charge on any atom is 0.224 e. The molecule has 0 bridgehead atoms. The van der Waals surface area contributed by atoms with Crippen LogP contribution in [0.2, 0.25) is 0 Å². The molecular formula is C20H28N4. The molecule has 1 aliphatic heterocycles. The van der Waals surface area contributed by atoms with E-state index in [1.165, 1.54) is 31.2 Å². The Bertz CT molecular complexity index is 641. The van der Waals surface area contributed by atoms with Crippen molar-refractivity contribution < 1.29 is 0 Å². The molecule has 1 unspecified atom stereocenters. The molecule has 1 aliphatic rings. The van der Waals surface area contributed by atoms with Crippen LogP contribution in [-0.4, -0.2) is 29.1 Å². The van der Waals surface area contributed by atoms with E-state index in [4.69, 9.17) is 4.98 Å². The van der Waals surface area contributed by atoms with E-state index in [2.05, 4.69) is 65.4 Å². The normalized spacial score (nSPS) is 17.8. The van der Waals surface area contributed by atoms with Crippen LogP contribution >= 0.6 is 0 Å². The van der Waals surface area contributed by atoms with Crippen molar-refractivity contribution in [3.05, 3.63) is 47.7 Å². The molecule has 4 heteroatoms. The van der Waals surface area contributed by atoms with Crippen LogP contribution in [0.1, 0.15) is 43.9 Å². The van der Waals surface area contributed by atoms with Crippen molar-refractivity contribution in [2.45, 2.75) is 52.0 Å². The average Bonchev–Trinajstić information content (AvgIpc) is 2.62. The summed E-state index contributed by atoms with van der Waals surface area (Å²) in [7, 11) is 0. The summed E-state index contributed by atoms with van der Waals surface area (Å²) in [4.78, 5) is 11.8. The van der Waals surface area contributed by atoms with Crippen molar-refractivity contribution in [3.8, 4) is 0 Å². The van der Waals surface area contributed by atoms with E-state index in [0.717, 1.165) is 37.0 Å². The lowest BCUT2D eigenvalue weighted by atomic mass is 10.00. The van der Waals surface area contributed by atoms with Crippen molar-refractivity contribution >= 4 is 11.8 Å². The summed E-state index contributed by atoms with van der Waals surface area (Å²) in [6.45, 7) is 6.29. The molecule has 2 aromatic rings. The van der Waals surface area contributed by atoms with Gasteiger partial charge in [-0.2, -0.15) is 4.98 Å². The van der Waals surface area contributed by atoms with Crippen LogP contribution < -0.4 is 10.2 Å². The maximum absolute atomic E-state index is 4.79. The number of nitrogens with zero attached hydrogens (tertiary/aromatic N) is 3. The molecule has 0 amide bonds. The van der Waals surface area contributed by atoms with E-state index in [1.807, 2.05) is 0 Å². The van der Waals surface area contributed by atoms with Gasteiger partial charge in [-0.3, -0.25) is 0 Å². The SMILES string of the molecule is CCC1CCCCN1c1cc(C)nc(NCCc2ccccc2)n1. The third-order valence-corrected chi connectivity index (χ3v) is 4.77. The first-order valence-corrected chi connectivity index (χ1v) is 9.16. The molecule has 0 radical (unpaired) electrons. The number of anilines is 2. The first-order valence-electron chi connectivity index (χ1n) is 9.16. The first kappa shape index (κ1) is 16.7. The van der Waals surface area contributed by atoms with Gasteiger partial charge in [-0.25, -0.2) is 4.98 Å². The second-order valence-corrected chi connectivity index (χ2v) is 6.60. The molecule has 1 saturated heterocycles. The van der Waals surface area contributed by atoms with Crippen LogP contribution in [0, 0.1) is 6.92 Å². The quantitative estimate of drug-likeness (QED) is 0.864. The van der Waals surface area contributed by atoms with Crippen LogP contribution in [0.25, 0.3) is 0 Å². The van der Waals surface area contributed by atoms with Gasteiger partial charge >= 0.3 is 0 Å². The zero-order chi connectivity index (χ0) is 16.8. The van der Waals surface area contributed by atoms with Crippen molar-refractivity contribution in [2.24, 2.45) is 0 Å². The number of rotatable bonds is 6. The number of nitrogens with one attached hydrogen (secondary N) is 1. The summed E-state index contributed by atoms with van der Waals surface area (Å²) in [5.41, 5.74) is 2.36. The molecule has 128 valence electrons. The minimum Gasteiger partial charge on any atom is -0.354 e. The highest BCUT2D eigenvalue weighted by molar-refractivity contribution is 5.46. The molecule has 4 nitrogen and oxygen atoms in total. The smallest absolute Gasteiger partial charge is 0.224 e. The van der Waals surface area contributed by atoms with Gasteiger partial charge in [0.2, 0.25) is 5.95 Å². The zero-order valence-electron chi connectivity index (χ0n) is 14.8. The van der Waals surface area contributed by atoms with Crippen LogP contribution in [0.4, 0.5) is 11.8 Å². The summed E-state index contributed by atoms with van der Waals surface area (Å²) in [6, 6.07) is 13.3. The van der Waals surface area contributed by atoms with Gasteiger partial charge in [0.15, 0.2) is 0 Å². The highest BCUT2D eigenvalue weighted by atomic mass is 15.2. The second kappa shape index (κ2) is 8.13. The summed E-state index contributed by atoms with van der Waals surface area (Å²) < 4.78 is 0. The number of aryl methyl sites for hydroxylation is 1. The van der Waals surface area contributed by atoms with Gasteiger partial charge in [0.25, 0.3) is 0 Å². The van der Waals surface area contributed by atoms with Crippen LogP contribution in [0.3, 0.4) is 0 Å². The van der Waals surface area contributed by atoms with Crippen molar-refractivity contribution in [3.63, 3.8) is 0 Å². The van der Waals surface area contributed by atoms with Crippen molar-refractivity contribution in [1.29, 1.82) is 0 Å². The Kier molecular flexibility index (Phi) is 5.68. The monoisotopic (exact) mass is 324 g/mol. The number of aromatic nitrogens is 2. The molecule has 0 saturated carbocycles. The van der Waals surface area contributed by atoms with Crippen LogP contribution in [0.15, 0.2) is 36.4 Å². The Hall–Kier alpha value is -2.10. The highest BCUT2D eigenvalue weighted by Crippen LogP contribution is 2.26. The van der Waals surface area contributed by atoms with E-state index in [-0.39, 0.29) is 0 Å². The molecule has 1 fully saturated rings. The molecule has 1 N–H and O–H groups in total. The molecule has 1 aromatic heterocycles. The van der Waals surface area contributed by atoms with Gasteiger partial charge in [-0.05, 0) is 44.6 Å². The molecule has 2 heterocycles. The van der Waals surface area contributed by atoms with Gasteiger partial charge < -0.3 is 10.2 Å². The Labute approximate surface area is 145 Å². The zero-order valence-corrected chi connectivity index (χ0v) is 14.8. The summed E-state index contributed by atoms with van der Waals surface area (Å²) in [6.07, 6.45) is 6.03. The van der Waals surface area contributed by atoms with Gasteiger partial charge in [-0.1, -0.05) is 37.3 Å². The molecule has 0 aliphatic carbocycles. The number of hydrogen-bond donors (Lipinski definition) is 1. The lowest BCUT2D eigenvalue weighted by Gasteiger charge is -2.36. The molecule has 1 aromatic carbocycles. The van der Waals surface area contributed by atoms with E-state index in [0.29, 0.717) is 6.04 Å². The fourth-order valence-electron chi connectivity index (χ4n) is 3.47. The molecule has 24 heavy (non-hydrogen) atoms. The highest BCUT2D eigenvalue weighted by Gasteiger charge is 2.22. The standard InChI is InChI=1S/C20H28N4/c1-3-18-11-7-8-14-24(18)19-15-16(2)22-20(23-19)21-13-12-17-9-5-4-6-10-17/h4-6,9-10,15,18H,3,7-8,11-14H2,1-2H3,(H,21,22,23). The molecular weight excluding hydrogens is 296 g/mol. The third-order valence-electron chi connectivity index (χ3n) is 4.77. The number of piperidine rings is 1. The Morgan fingerprint density at radius 1 is 1.17 bits per heavy atom. The summed E-state index contributed by atoms with van der Waals surface area (Å²) in [5.74, 6) is 1.83. The minimum atomic E-state index is 0.616. The second-order valence-electron chi connectivity index (χ2n) is 6.60. The fraction of sp³-hybridized carbons (Fsp3) is 0.500. The largest absolute Gasteiger partial charge is 0.354 e. The van der Waals surface area contributed by atoms with E-state index in [9.17, 15) is 0 Å². The number of benzene rings is 1. The van der Waals surface area contributed by atoms with Gasteiger partial charge in [0.05, 0.1) is 0 Å². The Morgan fingerprint density at radius 2 is 2.00 bits per heavy atom. The van der Waals surface area contributed by atoms with Gasteiger partial charge in [-0.15, -0.1) is 0 Å². The Morgan fingerprint density at radius 3 is 2.79 bits per heavy atom. The summed E-state index contributed by atoms with van der Waals surface area (Å²) in [5, 5.41) is 3.40.